The summed E-state index contributed by atoms with van der Waals surface area (Å²) in [7, 11) is 1.64. The van der Waals surface area contributed by atoms with Crippen LogP contribution in [0.2, 0.25) is 0 Å². The summed E-state index contributed by atoms with van der Waals surface area (Å²) in [5.41, 5.74) is 3.51. The number of hydrogen-bond acceptors (Lipinski definition) is 3. The van der Waals surface area contributed by atoms with E-state index in [9.17, 15) is 9.59 Å². The van der Waals surface area contributed by atoms with E-state index in [1.807, 2.05) is 31.2 Å². The van der Waals surface area contributed by atoms with Crippen molar-refractivity contribution in [2.45, 2.75) is 96.7 Å². The predicted octanol–water partition coefficient (Wildman–Crippen LogP) is 5.79. The van der Waals surface area contributed by atoms with Crippen LogP contribution in [-0.2, 0) is 28.0 Å². The number of methoxy groups -OCH3 is 1. The van der Waals surface area contributed by atoms with Gasteiger partial charge in [0.2, 0.25) is 11.8 Å². The van der Waals surface area contributed by atoms with Crippen LogP contribution in [-0.4, -0.2) is 35.9 Å². The monoisotopic (exact) mass is 478 g/mol. The van der Waals surface area contributed by atoms with Crippen LogP contribution >= 0.6 is 0 Å². The van der Waals surface area contributed by atoms with Gasteiger partial charge in [0.05, 0.1) is 7.11 Å². The van der Waals surface area contributed by atoms with Crippen LogP contribution in [0, 0.1) is 0 Å². The molecule has 35 heavy (non-hydrogen) atoms. The Labute approximate surface area is 211 Å². The van der Waals surface area contributed by atoms with E-state index in [2.05, 4.69) is 50.4 Å². The van der Waals surface area contributed by atoms with Crippen molar-refractivity contribution >= 4 is 11.8 Å². The van der Waals surface area contributed by atoms with Gasteiger partial charge in [0, 0.05) is 19.0 Å². The minimum Gasteiger partial charge on any atom is -0.497 e. The van der Waals surface area contributed by atoms with Gasteiger partial charge < -0.3 is 15.0 Å². The highest BCUT2D eigenvalue weighted by molar-refractivity contribution is 5.88. The van der Waals surface area contributed by atoms with Crippen molar-refractivity contribution in [3.05, 3.63) is 65.2 Å². The Morgan fingerprint density at radius 3 is 2.14 bits per heavy atom. The first-order chi connectivity index (χ1) is 16.7. The summed E-state index contributed by atoms with van der Waals surface area (Å²) in [6.07, 6.45) is 5.98. The number of hydrogen-bond donors (Lipinski definition) is 1. The molecular weight excluding hydrogens is 436 g/mol. The van der Waals surface area contributed by atoms with Crippen molar-refractivity contribution < 1.29 is 14.3 Å². The molecule has 2 aromatic rings. The molecule has 0 bridgehead atoms. The Hall–Kier alpha value is -2.82. The maximum atomic E-state index is 13.5. The number of aryl methyl sites for hydroxylation is 1. The highest BCUT2D eigenvalue weighted by Gasteiger charge is 2.30. The fourth-order valence-corrected chi connectivity index (χ4v) is 4.78. The quantitative estimate of drug-likeness (QED) is 0.470. The van der Waals surface area contributed by atoms with Crippen LogP contribution in [0.4, 0.5) is 0 Å². The maximum Gasteiger partial charge on any atom is 0.243 e. The van der Waals surface area contributed by atoms with Crippen molar-refractivity contribution in [2.24, 2.45) is 0 Å². The lowest BCUT2D eigenvalue weighted by atomic mass is 9.86. The molecule has 0 radical (unpaired) electrons. The van der Waals surface area contributed by atoms with Crippen LogP contribution in [0.25, 0.3) is 0 Å². The van der Waals surface area contributed by atoms with Gasteiger partial charge in [0.25, 0.3) is 0 Å². The van der Waals surface area contributed by atoms with E-state index in [1.165, 1.54) is 5.56 Å². The fraction of sp³-hybridized carbons (Fsp3) is 0.533. The van der Waals surface area contributed by atoms with Gasteiger partial charge in [-0.3, -0.25) is 9.59 Å². The molecule has 0 unspecified atom stereocenters. The van der Waals surface area contributed by atoms with Gasteiger partial charge in [0.1, 0.15) is 11.8 Å². The topological polar surface area (TPSA) is 58.6 Å². The zero-order valence-electron chi connectivity index (χ0n) is 22.1. The molecule has 0 aliphatic heterocycles. The van der Waals surface area contributed by atoms with Crippen LogP contribution in [0.1, 0.15) is 82.9 Å². The Morgan fingerprint density at radius 2 is 1.60 bits per heavy atom. The number of benzene rings is 2. The van der Waals surface area contributed by atoms with Crippen LogP contribution in [0.5, 0.6) is 5.75 Å². The van der Waals surface area contributed by atoms with Crippen LogP contribution < -0.4 is 10.1 Å². The average Bonchev–Trinajstić information content (AvgIpc) is 3.35. The first kappa shape index (κ1) is 26.8. The summed E-state index contributed by atoms with van der Waals surface area (Å²) in [6, 6.07) is 16.0. The molecule has 3 rings (SSSR count). The highest BCUT2D eigenvalue weighted by atomic mass is 16.5. The first-order valence-electron chi connectivity index (χ1n) is 13.0. The summed E-state index contributed by atoms with van der Waals surface area (Å²) in [5.74, 6) is 0.751. The van der Waals surface area contributed by atoms with E-state index in [1.54, 1.807) is 12.0 Å². The van der Waals surface area contributed by atoms with E-state index in [-0.39, 0.29) is 23.3 Å². The Balaban J connectivity index is 1.74. The molecule has 1 N–H and O–H groups in total. The molecular formula is C30H42N2O3. The van der Waals surface area contributed by atoms with Gasteiger partial charge in [-0.1, -0.05) is 76.9 Å². The highest BCUT2D eigenvalue weighted by Crippen LogP contribution is 2.23. The van der Waals surface area contributed by atoms with Crippen molar-refractivity contribution in [1.29, 1.82) is 0 Å². The SMILES string of the molecule is CC[C@@H](C(=O)NC1CCCC1)N(Cc1ccc(OC)cc1)C(=O)CCc1ccc(C(C)(C)C)cc1. The smallest absolute Gasteiger partial charge is 0.243 e. The van der Waals surface area contributed by atoms with Crippen LogP contribution in [0.3, 0.4) is 0 Å². The van der Waals surface area contributed by atoms with Gasteiger partial charge in [-0.05, 0) is 59.9 Å². The molecule has 1 saturated carbocycles. The Morgan fingerprint density at radius 1 is 1.00 bits per heavy atom. The van der Waals surface area contributed by atoms with E-state index >= 15 is 0 Å². The normalized spacial score (nSPS) is 15.0. The minimum absolute atomic E-state index is 0.00846. The number of amides is 2. The van der Waals surface area contributed by atoms with Crippen molar-refractivity contribution in [2.75, 3.05) is 7.11 Å². The number of rotatable bonds is 10. The molecule has 0 heterocycles. The summed E-state index contributed by atoms with van der Waals surface area (Å²) in [6.45, 7) is 8.99. The van der Waals surface area contributed by atoms with Crippen molar-refractivity contribution in [1.82, 2.24) is 10.2 Å². The number of nitrogens with one attached hydrogen (secondary N) is 1. The van der Waals surface area contributed by atoms with E-state index in [0.717, 1.165) is 42.6 Å². The lowest BCUT2D eigenvalue weighted by Crippen LogP contribution is -2.51. The number of ether oxygens (including phenoxy) is 1. The third kappa shape index (κ3) is 7.58. The third-order valence-electron chi connectivity index (χ3n) is 7.05. The number of carbonyl (C=O) groups is 2. The standard InChI is InChI=1S/C30H42N2O3/c1-6-27(29(34)31-25-9-7-8-10-25)32(21-23-13-18-26(35-5)19-14-23)28(33)20-15-22-11-16-24(17-12-22)30(2,3)4/h11-14,16-19,25,27H,6-10,15,20-21H2,1-5H3,(H,31,34)/t27-/m0/s1. The molecule has 1 fully saturated rings. The second-order valence-corrected chi connectivity index (χ2v) is 10.7. The molecule has 1 aliphatic carbocycles. The fourth-order valence-electron chi connectivity index (χ4n) is 4.78. The van der Waals surface area contributed by atoms with E-state index in [0.29, 0.717) is 25.8 Å². The second-order valence-electron chi connectivity index (χ2n) is 10.7. The average molecular weight is 479 g/mol. The largest absolute Gasteiger partial charge is 0.497 e. The number of nitrogens with zero attached hydrogens (tertiary/aromatic N) is 1. The summed E-state index contributed by atoms with van der Waals surface area (Å²) in [5, 5.41) is 3.21. The molecule has 5 nitrogen and oxygen atoms in total. The molecule has 1 aliphatic rings. The Kier molecular flexibility index (Phi) is 9.36. The lowest BCUT2D eigenvalue weighted by Gasteiger charge is -2.31. The maximum absolute atomic E-state index is 13.5. The molecule has 5 heteroatoms. The number of carbonyl (C=O) groups excluding carboxylic acids is 2. The first-order valence-corrected chi connectivity index (χ1v) is 13.0. The predicted molar refractivity (Wildman–Crippen MR) is 141 cm³/mol. The van der Waals surface area contributed by atoms with Gasteiger partial charge in [-0.25, -0.2) is 0 Å². The molecule has 2 aromatic carbocycles. The second kappa shape index (κ2) is 12.2. The van der Waals surface area contributed by atoms with E-state index < -0.39 is 6.04 Å². The molecule has 1 atom stereocenters. The zero-order chi connectivity index (χ0) is 25.4. The molecule has 0 aromatic heterocycles. The summed E-state index contributed by atoms with van der Waals surface area (Å²) in [4.78, 5) is 28.6. The molecule has 0 spiro atoms. The van der Waals surface area contributed by atoms with Gasteiger partial charge >= 0.3 is 0 Å². The van der Waals surface area contributed by atoms with Gasteiger partial charge in [0.15, 0.2) is 0 Å². The minimum atomic E-state index is -0.478. The molecule has 190 valence electrons. The van der Waals surface area contributed by atoms with Crippen LogP contribution in [0.15, 0.2) is 48.5 Å². The Bertz CT molecular complexity index is 955. The summed E-state index contributed by atoms with van der Waals surface area (Å²) < 4.78 is 5.27. The molecule has 0 saturated heterocycles. The third-order valence-corrected chi connectivity index (χ3v) is 7.05. The molecule has 2 amide bonds. The van der Waals surface area contributed by atoms with Gasteiger partial charge in [-0.2, -0.15) is 0 Å². The summed E-state index contributed by atoms with van der Waals surface area (Å²) >= 11 is 0. The van der Waals surface area contributed by atoms with Crippen molar-refractivity contribution in [3.63, 3.8) is 0 Å². The zero-order valence-corrected chi connectivity index (χ0v) is 22.1. The lowest BCUT2D eigenvalue weighted by molar-refractivity contribution is -0.141. The van der Waals surface area contributed by atoms with Crippen molar-refractivity contribution in [3.8, 4) is 5.75 Å². The van der Waals surface area contributed by atoms with E-state index in [4.69, 9.17) is 4.74 Å². The van der Waals surface area contributed by atoms with Gasteiger partial charge in [-0.15, -0.1) is 0 Å².